The quantitative estimate of drug-likeness (QED) is 0.254. The minimum absolute atomic E-state index is 0.177. The van der Waals surface area contributed by atoms with E-state index in [1.165, 1.54) is 11.1 Å². The SMILES string of the molecule is COc1ccc(CCc2cc(OC)cc(Oc3cc(O)cc(CCc4cccc(OC)c4)c3)c2)cc1. The van der Waals surface area contributed by atoms with Gasteiger partial charge in [0.05, 0.1) is 21.3 Å². The number of ether oxygens (including phenoxy) is 4. The Balaban J connectivity index is 1.45. The molecule has 0 aliphatic carbocycles. The van der Waals surface area contributed by atoms with Gasteiger partial charge in [-0.05, 0) is 96.5 Å². The van der Waals surface area contributed by atoms with Crippen molar-refractivity contribution in [1.82, 2.24) is 0 Å². The summed E-state index contributed by atoms with van der Waals surface area (Å²) in [6, 6.07) is 27.4. The highest BCUT2D eigenvalue weighted by atomic mass is 16.5. The molecule has 0 bridgehead atoms. The zero-order chi connectivity index (χ0) is 25.3. The maximum absolute atomic E-state index is 10.3. The van der Waals surface area contributed by atoms with Crippen molar-refractivity contribution in [1.29, 1.82) is 0 Å². The lowest BCUT2D eigenvalue weighted by atomic mass is 10.0. The van der Waals surface area contributed by atoms with Gasteiger partial charge in [-0.3, -0.25) is 0 Å². The molecule has 4 rings (SSSR count). The largest absolute Gasteiger partial charge is 0.508 e. The summed E-state index contributed by atoms with van der Waals surface area (Å²) in [4.78, 5) is 0. The second kappa shape index (κ2) is 12.0. The molecule has 186 valence electrons. The molecule has 4 aromatic carbocycles. The minimum Gasteiger partial charge on any atom is -0.508 e. The van der Waals surface area contributed by atoms with Crippen LogP contribution in [-0.4, -0.2) is 26.4 Å². The third-order valence-electron chi connectivity index (χ3n) is 6.06. The molecule has 5 heteroatoms. The van der Waals surface area contributed by atoms with Crippen molar-refractivity contribution in [3.63, 3.8) is 0 Å². The van der Waals surface area contributed by atoms with Crippen LogP contribution in [0.2, 0.25) is 0 Å². The summed E-state index contributed by atoms with van der Waals surface area (Å²) in [5.74, 6) is 3.86. The molecular formula is C31H32O5. The fourth-order valence-electron chi connectivity index (χ4n) is 4.13. The summed E-state index contributed by atoms with van der Waals surface area (Å²) in [6.45, 7) is 0. The van der Waals surface area contributed by atoms with E-state index in [1.54, 1.807) is 33.5 Å². The molecule has 0 saturated heterocycles. The van der Waals surface area contributed by atoms with Crippen molar-refractivity contribution in [2.45, 2.75) is 25.7 Å². The fraction of sp³-hybridized carbons (Fsp3) is 0.226. The number of aryl methyl sites for hydroxylation is 4. The topological polar surface area (TPSA) is 57.2 Å². The lowest BCUT2D eigenvalue weighted by molar-refractivity contribution is 0.407. The molecule has 1 N–H and O–H groups in total. The summed E-state index contributed by atoms with van der Waals surface area (Å²) in [5, 5.41) is 10.3. The van der Waals surface area contributed by atoms with E-state index in [0.717, 1.165) is 54.1 Å². The molecule has 0 heterocycles. The van der Waals surface area contributed by atoms with Gasteiger partial charge < -0.3 is 24.1 Å². The third-order valence-corrected chi connectivity index (χ3v) is 6.06. The van der Waals surface area contributed by atoms with E-state index in [4.69, 9.17) is 18.9 Å². The van der Waals surface area contributed by atoms with E-state index >= 15 is 0 Å². The second-order valence-electron chi connectivity index (χ2n) is 8.65. The molecule has 0 spiro atoms. The number of rotatable bonds is 11. The maximum atomic E-state index is 10.3. The van der Waals surface area contributed by atoms with Gasteiger partial charge in [-0.25, -0.2) is 0 Å². The molecule has 0 saturated carbocycles. The fourth-order valence-corrected chi connectivity index (χ4v) is 4.13. The van der Waals surface area contributed by atoms with Crippen molar-refractivity contribution in [3.05, 3.63) is 107 Å². The summed E-state index contributed by atoms with van der Waals surface area (Å²) in [5.41, 5.74) is 4.51. The van der Waals surface area contributed by atoms with Gasteiger partial charge in [-0.1, -0.05) is 24.3 Å². The molecule has 0 amide bonds. The van der Waals surface area contributed by atoms with Crippen LogP contribution in [0.4, 0.5) is 0 Å². The van der Waals surface area contributed by atoms with Crippen molar-refractivity contribution in [2.75, 3.05) is 21.3 Å². The molecule has 0 atom stereocenters. The minimum atomic E-state index is 0.177. The average Bonchev–Trinajstić information content (AvgIpc) is 2.90. The molecule has 0 aromatic heterocycles. The highest BCUT2D eigenvalue weighted by Gasteiger charge is 2.08. The Hall–Kier alpha value is -4.12. The van der Waals surface area contributed by atoms with Crippen LogP contribution >= 0.6 is 0 Å². The van der Waals surface area contributed by atoms with E-state index in [0.29, 0.717) is 11.5 Å². The van der Waals surface area contributed by atoms with Crippen molar-refractivity contribution in [3.8, 4) is 34.5 Å². The normalized spacial score (nSPS) is 10.6. The molecule has 0 aliphatic heterocycles. The van der Waals surface area contributed by atoms with Crippen LogP contribution in [0.3, 0.4) is 0 Å². The molecule has 0 aliphatic rings. The van der Waals surface area contributed by atoms with Crippen molar-refractivity contribution < 1.29 is 24.1 Å². The Morgan fingerprint density at radius 3 is 1.72 bits per heavy atom. The number of hydrogen-bond donors (Lipinski definition) is 1. The van der Waals surface area contributed by atoms with Crippen LogP contribution in [0.1, 0.15) is 22.3 Å². The summed E-state index contributed by atoms with van der Waals surface area (Å²) in [7, 11) is 4.99. The smallest absolute Gasteiger partial charge is 0.131 e. The van der Waals surface area contributed by atoms with Gasteiger partial charge in [-0.2, -0.15) is 0 Å². The van der Waals surface area contributed by atoms with Crippen LogP contribution in [0, 0.1) is 0 Å². The Bertz CT molecular complexity index is 1280. The van der Waals surface area contributed by atoms with Gasteiger partial charge in [0, 0.05) is 12.1 Å². The summed E-state index contributed by atoms with van der Waals surface area (Å²) < 4.78 is 22.2. The number of aromatic hydroxyl groups is 1. The zero-order valence-corrected chi connectivity index (χ0v) is 21.0. The maximum Gasteiger partial charge on any atom is 0.131 e. The first-order chi connectivity index (χ1) is 17.5. The first kappa shape index (κ1) is 25.0. The van der Waals surface area contributed by atoms with Gasteiger partial charge >= 0.3 is 0 Å². The predicted molar refractivity (Wildman–Crippen MR) is 142 cm³/mol. The molecule has 0 fully saturated rings. The highest BCUT2D eigenvalue weighted by Crippen LogP contribution is 2.31. The third kappa shape index (κ3) is 6.95. The van der Waals surface area contributed by atoms with Gasteiger partial charge in [-0.15, -0.1) is 0 Å². The van der Waals surface area contributed by atoms with Crippen LogP contribution in [0.25, 0.3) is 0 Å². The summed E-state index contributed by atoms with van der Waals surface area (Å²) >= 11 is 0. The number of benzene rings is 4. The van der Waals surface area contributed by atoms with Gasteiger partial charge in [0.25, 0.3) is 0 Å². The number of phenols is 1. The van der Waals surface area contributed by atoms with Crippen molar-refractivity contribution >= 4 is 0 Å². The van der Waals surface area contributed by atoms with E-state index in [1.807, 2.05) is 54.6 Å². The molecule has 4 aromatic rings. The Morgan fingerprint density at radius 2 is 1.03 bits per heavy atom. The van der Waals surface area contributed by atoms with Gasteiger partial charge in [0.15, 0.2) is 0 Å². The Morgan fingerprint density at radius 1 is 0.472 bits per heavy atom. The molecule has 36 heavy (non-hydrogen) atoms. The lowest BCUT2D eigenvalue weighted by Gasteiger charge is -2.13. The van der Waals surface area contributed by atoms with Crippen LogP contribution in [0.5, 0.6) is 34.5 Å². The van der Waals surface area contributed by atoms with E-state index < -0.39 is 0 Å². The van der Waals surface area contributed by atoms with Crippen LogP contribution in [0.15, 0.2) is 84.9 Å². The van der Waals surface area contributed by atoms with Crippen LogP contribution < -0.4 is 18.9 Å². The second-order valence-corrected chi connectivity index (χ2v) is 8.65. The van der Waals surface area contributed by atoms with E-state index in [-0.39, 0.29) is 5.75 Å². The highest BCUT2D eigenvalue weighted by molar-refractivity contribution is 5.44. The monoisotopic (exact) mass is 484 g/mol. The summed E-state index contributed by atoms with van der Waals surface area (Å²) in [6.07, 6.45) is 3.32. The number of methoxy groups -OCH3 is 3. The number of hydrogen-bond acceptors (Lipinski definition) is 5. The van der Waals surface area contributed by atoms with Crippen molar-refractivity contribution in [2.24, 2.45) is 0 Å². The van der Waals surface area contributed by atoms with Crippen LogP contribution in [-0.2, 0) is 25.7 Å². The predicted octanol–water partition coefficient (Wildman–Crippen LogP) is 6.78. The Kier molecular flexibility index (Phi) is 8.35. The molecule has 5 nitrogen and oxygen atoms in total. The van der Waals surface area contributed by atoms with Gasteiger partial charge in [0.2, 0.25) is 0 Å². The zero-order valence-electron chi connectivity index (χ0n) is 21.0. The molecule has 0 radical (unpaired) electrons. The molecular weight excluding hydrogens is 452 g/mol. The standard InChI is InChI=1S/C31H32O5/c1-33-27-13-11-22(12-14-27)7-9-25-17-29(35-3)21-31(19-25)36-30-18-24(15-26(32)20-30)10-8-23-5-4-6-28(16-23)34-2/h4-6,11-21,32H,7-10H2,1-3H3. The lowest BCUT2D eigenvalue weighted by Crippen LogP contribution is -1.96. The first-order valence-corrected chi connectivity index (χ1v) is 12.0. The first-order valence-electron chi connectivity index (χ1n) is 12.0. The average molecular weight is 485 g/mol. The van der Waals surface area contributed by atoms with Gasteiger partial charge in [0.1, 0.15) is 34.5 Å². The molecule has 0 unspecified atom stereocenters. The Labute approximate surface area is 212 Å². The van der Waals surface area contributed by atoms with E-state index in [2.05, 4.69) is 18.2 Å². The number of phenolic OH excluding ortho intramolecular Hbond substituents is 1. The van der Waals surface area contributed by atoms with E-state index in [9.17, 15) is 5.11 Å².